The molecule has 0 fully saturated rings. The number of H-pyrrole nitrogens is 1. The highest BCUT2D eigenvalue weighted by atomic mass is 32.1. The molecule has 0 radical (unpaired) electrons. The second-order valence-electron chi connectivity index (χ2n) is 6.17. The van der Waals surface area contributed by atoms with E-state index >= 15 is 0 Å². The Morgan fingerprint density at radius 1 is 1.29 bits per heavy atom. The first-order valence-corrected chi connectivity index (χ1v) is 9.29. The van der Waals surface area contributed by atoms with Crippen LogP contribution < -0.4 is 10.2 Å². The fraction of sp³-hybridized carbons (Fsp3) is 0.250. The van der Waals surface area contributed by atoms with Gasteiger partial charge in [0.05, 0.1) is 36.4 Å². The summed E-state index contributed by atoms with van der Waals surface area (Å²) in [6, 6.07) is 0. The lowest BCUT2D eigenvalue weighted by molar-refractivity contribution is 0.387. The quantitative estimate of drug-likeness (QED) is 0.533. The van der Waals surface area contributed by atoms with Crippen molar-refractivity contribution in [1.82, 2.24) is 35.3 Å². The maximum Gasteiger partial charge on any atom is 0.229 e. The van der Waals surface area contributed by atoms with Crippen LogP contribution in [0.1, 0.15) is 16.6 Å². The number of anilines is 3. The zero-order valence-corrected chi connectivity index (χ0v) is 15.5. The molecule has 1 aliphatic heterocycles. The summed E-state index contributed by atoms with van der Waals surface area (Å²) in [4.78, 5) is 20.0. The lowest BCUT2D eigenvalue weighted by atomic mass is 10.2. The molecule has 0 spiro atoms. The summed E-state index contributed by atoms with van der Waals surface area (Å²) in [5, 5.41) is 14.9. The van der Waals surface area contributed by atoms with Crippen molar-refractivity contribution >= 4 is 28.2 Å². The lowest BCUT2D eigenvalue weighted by Crippen LogP contribution is -2.25. The van der Waals surface area contributed by atoms with Crippen molar-refractivity contribution in [3.8, 4) is 11.3 Å². The maximum atomic E-state index is 13.0. The summed E-state index contributed by atoms with van der Waals surface area (Å²) in [5.41, 5.74) is 1.75. The summed E-state index contributed by atoms with van der Waals surface area (Å²) in [5.74, 6) is 1.82. The summed E-state index contributed by atoms with van der Waals surface area (Å²) in [6.45, 7) is 3.02. The largest absolute Gasteiger partial charge is 0.348 e. The molecule has 4 aromatic rings. The minimum Gasteiger partial charge on any atom is -0.348 e. The van der Waals surface area contributed by atoms with Crippen LogP contribution in [0.2, 0.25) is 0 Å². The van der Waals surface area contributed by atoms with E-state index < -0.39 is 5.82 Å². The zero-order chi connectivity index (χ0) is 19.1. The molecule has 0 saturated heterocycles. The Balaban J connectivity index is 1.43. The summed E-state index contributed by atoms with van der Waals surface area (Å²) < 4.78 is 18.1. The highest BCUT2D eigenvalue weighted by Crippen LogP contribution is 2.39. The van der Waals surface area contributed by atoms with Crippen molar-refractivity contribution < 1.29 is 8.91 Å². The average Bonchev–Trinajstić information content (AvgIpc) is 3.39. The number of nitrogens with one attached hydrogen (secondary N) is 2. The van der Waals surface area contributed by atoms with Gasteiger partial charge in [0.25, 0.3) is 0 Å². The van der Waals surface area contributed by atoms with Crippen LogP contribution in [0.5, 0.6) is 0 Å². The zero-order valence-electron chi connectivity index (χ0n) is 14.7. The maximum absolute atomic E-state index is 13.0. The molecule has 0 saturated carbocycles. The smallest absolute Gasteiger partial charge is 0.229 e. The van der Waals surface area contributed by atoms with Gasteiger partial charge in [0.2, 0.25) is 11.8 Å². The van der Waals surface area contributed by atoms with E-state index in [4.69, 9.17) is 4.52 Å². The average molecular weight is 399 g/mol. The third-order valence-electron chi connectivity index (χ3n) is 4.24. The number of aryl methyl sites for hydroxylation is 1. The Morgan fingerprint density at radius 3 is 2.93 bits per heavy atom. The van der Waals surface area contributed by atoms with Crippen molar-refractivity contribution in [2.75, 3.05) is 16.8 Å². The highest BCUT2D eigenvalue weighted by Gasteiger charge is 2.26. The van der Waals surface area contributed by atoms with E-state index in [2.05, 4.69) is 45.5 Å². The fourth-order valence-electron chi connectivity index (χ4n) is 3.03. The van der Waals surface area contributed by atoms with E-state index in [1.807, 2.05) is 0 Å². The van der Waals surface area contributed by atoms with Crippen molar-refractivity contribution in [3.63, 3.8) is 0 Å². The number of aromatic amines is 1. The molecule has 1 aliphatic rings. The van der Waals surface area contributed by atoms with E-state index in [-0.39, 0.29) is 0 Å². The Kier molecular flexibility index (Phi) is 3.97. The van der Waals surface area contributed by atoms with Crippen LogP contribution >= 0.6 is 11.3 Å². The number of thiazole rings is 1. The van der Waals surface area contributed by atoms with E-state index in [1.165, 1.54) is 11.3 Å². The number of hydrogen-bond acceptors (Lipinski definition) is 10. The van der Waals surface area contributed by atoms with Gasteiger partial charge < -0.3 is 14.7 Å². The second-order valence-corrected chi connectivity index (χ2v) is 7.26. The van der Waals surface area contributed by atoms with E-state index in [0.29, 0.717) is 29.3 Å². The van der Waals surface area contributed by atoms with Crippen LogP contribution in [-0.4, -0.2) is 41.8 Å². The molecule has 0 atom stereocenters. The Labute approximate surface area is 161 Å². The molecule has 0 aliphatic carbocycles. The number of hydrogen-bond donors (Lipinski definition) is 2. The third-order valence-corrected chi connectivity index (χ3v) is 5.27. The molecule has 5 rings (SSSR count). The predicted octanol–water partition coefficient (Wildman–Crippen LogP) is 2.46. The highest BCUT2D eigenvalue weighted by molar-refractivity contribution is 7.16. The molecular formula is C16H14FN9OS. The van der Waals surface area contributed by atoms with E-state index in [9.17, 15) is 4.39 Å². The molecule has 5 heterocycles. The first kappa shape index (κ1) is 16.7. The molecule has 12 heteroatoms. The number of aromatic nitrogens is 7. The Hall–Kier alpha value is -3.41. The molecule has 142 valence electrons. The first-order chi connectivity index (χ1) is 13.7. The van der Waals surface area contributed by atoms with Gasteiger partial charge in [-0.1, -0.05) is 5.16 Å². The molecule has 4 aromatic heterocycles. The van der Waals surface area contributed by atoms with Crippen molar-refractivity contribution in [2.24, 2.45) is 0 Å². The van der Waals surface area contributed by atoms with Gasteiger partial charge in [-0.25, -0.2) is 19.3 Å². The van der Waals surface area contributed by atoms with Gasteiger partial charge in [-0.2, -0.15) is 10.1 Å². The van der Waals surface area contributed by atoms with Gasteiger partial charge in [-0.3, -0.25) is 5.10 Å². The molecule has 0 aromatic carbocycles. The van der Waals surface area contributed by atoms with Crippen molar-refractivity contribution in [2.45, 2.75) is 19.9 Å². The number of halogens is 1. The fourth-order valence-corrected chi connectivity index (χ4v) is 3.99. The first-order valence-electron chi connectivity index (χ1n) is 8.48. The van der Waals surface area contributed by atoms with E-state index in [0.717, 1.165) is 47.3 Å². The molecule has 10 nitrogen and oxygen atoms in total. The van der Waals surface area contributed by atoms with Crippen LogP contribution in [0, 0.1) is 12.7 Å². The van der Waals surface area contributed by atoms with Gasteiger partial charge in [0.15, 0.2) is 16.8 Å². The second kappa shape index (κ2) is 6.64. The van der Waals surface area contributed by atoms with Gasteiger partial charge in [-0.15, -0.1) is 11.3 Å². The number of nitrogens with zero attached hydrogens (tertiary/aromatic N) is 7. The van der Waals surface area contributed by atoms with Gasteiger partial charge in [0, 0.05) is 24.8 Å². The third kappa shape index (κ3) is 3.07. The lowest BCUT2D eigenvalue weighted by Gasteiger charge is -2.20. The summed E-state index contributed by atoms with van der Waals surface area (Å²) >= 11 is 1.51. The monoisotopic (exact) mass is 399 g/mol. The van der Waals surface area contributed by atoms with Crippen LogP contribution in [0.3, 0.4) is 0 Å². The minimum atomic E-state index is -0.486. The number of rotatable bonds is 4. The molecule has 0 amide bonds. The van der Waals surface area contributed by atoms with Crippen LogP contribution in [0.4, 0.5) is 21.3 Å². The Bertz CT molecular complexity index is 1120. The minimum absolute atomic E-state index is 0.298. The number of fused-ring (bicyclic) bond motifs is 3. The summed E-state index contributed by atoms with van der Waals surface area (Å²) in [6.07, 6.45) is 4.77. The Morgan fingerprint density at radius 2 is 2.14 bits per heavy atom. The predicted molar refractivity (Wildman–Crippen MR) is 98.8 cm³/mol. The molecular weight excluding hydrogens is 385 g/mol. The van der Waals surface area contributed by atoms with Crippen molar-refractivity contribution in [1.29, 1.82) is 0 Å². The van der Waals surface area contributed by atoms with Gasteiger partial charge in [0.1, 0.15) is 5.82 Å². The van der Waals surface area contributed by atoms with E-state index in [1.54, 1.807) is 13.1 Å². The normalized spacial score (nSPS) is 13.1. The van der Waals surface area contributed by atoms with Crippen LogP contribution in [0.15, 0.2) is 23.1 Å². The summed E-state index contributed by atoms with van der Waals surface area (Å²) in [7, 11) is 0. The molecule has 28 heavy (non-hydrogen) atoms. The van der Waals surface area contributed by atoms with Gasteiger partial charge >= 0.3 is 0 Å². The molecule has 0 bridgehead atoms. The standard InChI is InChI=1S/C16H14FN9OS/c1-8-21-12(25-27-8)7-26-3-2-11-13(10-6-20-24-14(10)26)22-16(28-11)23-15-18-4-9(17)5-19-15/h4-6H,2-3,7H2,1H3,(H,20,24)(H,18,19,22,23). The molecule has 0 unspecified atom stereocenters. The van der Waals surface area contributed by atoms with Crippen LogP contribution in [-0.2, 0) is 13.0 Å². The SMILES string of the molecule is Cc1nc(CN2CCc3sc(Nc4ncc(F)cn4)nc3-c3cn[nH]c32)no1. The van der Waals surface area contributed by atoms with Crippen molar-refractivity contribution in [3.05, 3.63) is 41.0 Å². The molecule has 2 N–H and O–H groups in total. The van der Waals surface area contributed by atoms with Crippen LogP contribution in [0.25, 0.3) is 11.3 Å². The topological polar surface area (TPSA) is 122 Å². The van der Waals surface area contributed by atoms with Gasteiger partial charge in [-0.05, 0) is 0 Å².